The lowest BCUT2D eigenvalue weighted by molar-refractivity contribution is -0.146. The molecule has 0 spiro atoms. The quantitative estimate of drug-likeness (QED) is 0.285. The lowest BCUT2D eigenvalue weighted by Crippen LogP contribution is -2.38. The van der Waals surface area contributed by atoms with Crippen molar-refractivity contribution in [1.82, 2.24) is 0 Å². The zero-order valence-electron chi connectivity index (χ0n) is 15.8. The highest BCUT2D eigenvalue weighted by Crippen LogP contribution is 2.22. The first-order valence-electron chi connectivity index (χ1n) is 8.55. The monoisotopic (exact) mass is 362 g/mol. The topological polar surface area (TPSA) is 55.4 Å². The second kappa shape index (κ2) is 10.7. The minimum absolute atomic E-state index is 0.0271. The molecule has 24 heavy (non-hydrogen) atoms. The van der Waals surface area contributed by atoms with Crippen LogP contribution in [0.25, 0.3) is 0 Å². The molecule has 2 atom stereocenters. The molecule has 0 bridgehead atoms. The van der Waals surface area contributed by atoms with Crippen molar-refractivity contribution in [3.05, 3.63) is 12.7 Å². The van der Waals surface area contributed by atoms with Crippen LogP contribution in [0.4, 0.5) is 0 Å². The molecule has 0 saturated carbocycles. The summed E-state index contributed by atoms with van der Waals surface area (Å²) >= 11 is 0. The van der Waals surface area contributed by atoms with Crippen molar-refractivity contribution in [2.75, 3.05) is 46.2 Å². The molecule has 1 aliphatic heterocycles. The molecule has 2 unspecified atom stereocenters. The Morgan fingerprint density at radius 2 is 1.83 bits per heavy atom. The van der Waals surface area contributed by atoms with Crippen LogP contribution in [0.3, 0.4) is 0 Å². The van der Waals surface area contributed by atoms with E-state index in [-0.39, 0.29) is 12.2 Å². The summed E-state index contributed by atoms with van der Waals surface area (Å²) < 4.78 is 34.1. The summed E-state index contributed by atoms with van der Waals surface area (Å²) in [4.78, 5) is 0. The first-order valence-corrected chi connectivity index (χ1v) is 12.0. The van der Waals surface area contributed by atoms with Gasteiger partial charge in [0, 0.05) is 0 Å². The van der Waals surface area contributed by atoms with E-state index in [0.717, 1.165) is 0 Å². The molecule has 1 fully saturated rings. The van der Waals surface area contributed by atoms with Gasteiger partial charge in [-0.05, 0) is 33.5 Å². The fourth-order valence-corrected chi connectivity index (χ4v) is 3.43. The van der Waals surface area contributed by atoms with E-state index in [2.05, 4.69) is 26.2 Å². The number of hydrogen-bond donors (Lipinski definition) is 0. The minimum atomic E-state index is -1.67. The van der Waals surface area contributed by atoms with Gasteiger partial charge in [0.15, 0.2) is 14.1 Å². The Morgan fingerprint density at radius 3 is 2.42 bits per heavy atom. The van der Waals surface area contributed by atoms with Crippen LogP contribution in [-0.2, 0) is 28.1 Å². The van der Waals surface area contributed by atoms with Crippen molar-refractivity contribution < 1.29 is 28.1 Å². The van der Waals surface area contributed by atoms with E-state index in [1.807, 2.05) is 13.8 Å². The lowest BCUT2D eigenvalue weighted by Gasteiger charge is -2.26. The fraction of sp³-hybridized carbons (Fsp3) is 0.882. The molecule has 1 rings (SSSR count). The van der Waals surface area contributed by atoms with Crippen molar-refractivity contribution in [3.8, 4) is 0 Å². The van der Waals surface area contributed by atoms with Gasteiger partial charge in [0.25, 0.3) is 0 Å². The maximum atomic E-state index is 6.13. The Morgan fingerprint density at radius 1 is 1.17 bits per heavy atom. The van der Waals surface area contributed by atoms with E-state index < -0.39 is 14.1 Å². The molecule has 6 nitrogen and oxygen atoms in total. The summed E-state index contributed by atoms with van der Waals surface area (Å²) in [6.45, 7) is 17.6. The van der Waals surface area contributed by atoms with Gasteiger partial charge in [-0.1, -0.05) is 6.08 Å². The average molecular weight is 363 g/mol. The minimum Gasteiger partial charge on any atom is -0.410 e. The lowest BCUT2D eigenvalue weighted by atomic mass is 10.4. The highest BCUT2D eigenvalue weighted by atomic mass is 28.4. The van der Waals surface area contributed by atoms with Crippen LogP contribution in [0.2, 0.25) is 19.6 Å². The van der Waals surface area contributed by atoms with E-state index >= 15 is 0 Å². The summed E-state index contributed by atoms with van der Waals surface area (Å²) in [6, 6.07) is 0. The molecule has 0 aromatic rings. The zero-order chi connectivity index (χ0) is 18.1. The maximum Gasteiger partial charge on any atom is 0.184 e. The molecule has 0 N–H and O–H groups in total. The summed E-state index contributed by atoms with van der Waals surface area (Å²) in [5.74, 6) is -0.517. The Bertz CT molecular complexity index is 355. The van der Waals surface area contributed by atoms with Gasteiger partial charge < -0.3 is 28.1 Å². The summed E-state index contributed by atoms with van der Waals surface area (Å²) in [5.41, 5.74) is 0. The highest BCUT2D eigenvalue weighted by Gasteiger charge is 2.33. The summed E-state index contributed by atoms with van der Waals surface area (Å²) in [6.07, 6.45) is 1.62. The van der Waals surface area contributed by atoms with Crippen LogP contribution < -0.4 is 0 Å². The van der Waals surface area contributed by atoms with Crippen LogP contribution in [0.15, 0.2) is 12.7 Å². The van der Waals surface area contributed by atoms with E-state index in [1.165, 1.54) is 0 Å². The van der Waals surface area contributed by atoms with Gasteiger partial charge in [-0.15, -0.1) is 6.58 Å². The molecule has 1 saturated heterocycles. The van der Waals surface area contributed by atoms with E-state index in [0.29, 0.717) is 46.2 Å². The molecule has 0 amide bonds. The van der Waals surface area contributed by atoms with Crippen LogP contribution >= 0.6 is 0 Å². The van der Waals surface area contributed by atoms with Gasteiger partial charge in [-0.2, -0.15) is 0 Å². The van der Waals surface area contributed by atoms with Gasteiger partial charge in [0.05, 0.1) is 52.4 Å². The first kappa shape index (κ1) is 21.8. The maximum absolute atomic E-state index is 6.13. The second-order valence-corrected chi connectivity index (χ2v) is 11.7. The predicted octanol–water partition coefficient (Wildman–Crippen LogP) is 2.59. The molecular formula is C17H34O6Si. The van der Waals surface area contributed by atoms with Gasteiger partial charge in [-0.25, -0.2) is 0 Å². The first-order chi connectivity index (χ1) is 11.2. The van der Waals surface area contributed by atoms with Gasteiger partial charge in [-0.3, -0.25) is 0 Å². The highest BCUT2D eigenvalue weighted by molar-refractivity contribution is 6.69. The third kappa shape index (κ3) is 10.6. The SMILES string of the molecule is C=CCOCCOCC(COCC1COC(C)(C)O1)O[Si](C)(C)C. The standard InChI is InChI=1S/C17H34O6Si/c1-7-8-18-9-10-19-12-16(23-24(4,5)6)13-20-11-15-14-21-17(2,3)22-15/h7,15-16H,1,8-14H2,2-6H3. The number of ether oxygens (including phenoxy) is 5. The Hall–Kier alpha value is -0.283. The van der Waals surface area contributed by atoms with Crippen LogP contribution in [0.1, 0.15) is 13.8 Å². The molecule has 0 aromatic carbocycles. The normalized spacial score (nSPS) is 21.8. The predicted molar refractivity (Wildman–Crippen MR) is 95.8 cm³/mol. The number of hydrogen-bond acceptors (Lipinski definition) is 6. The van der Waals surface area contributed by atoms with Crippen LogP contribution in [-0.4, -0.2) is 72.6 Å². The summed E-state index contributed by atoms with van der Waals surface area (Å²) in [7, 11) is -1.67. The molecule has 0 aromatic heterocycles. The molecule has 1 aliphatic rings. The third-order valence-electron chi connectivity index (χ3n) is 3.11. The van der Waals surface area contributed by atoms with E-state index in [4.69, 9.17) is 28.1 Å². The Labute approximate surface area is 147 Å². The van der Waals surface area contributed by atoms with Crippen molar-refractivity contribution in [2.45, 2.75) is 51.5 Å². The average Bonchev–Trinajstić information content (AvgIpc) is 2.80. The molecule has 7 heteroatoms. The number of rotatable bonds is 13. The molecule has 0 radical (unpaired) electrons. The Kier molecular flexibility index (Phi) is 9.66. The Balaban J connectivity index is 2.24. The van der Waals surface area contributed by atoms with Gasteiger partial charge in [0.2, 0.25) is 0 Å². The van der Waals surface area contributed by atoms with Gasteiger partial charge in [0.1, 0.15) is 6.10 Å². The van der Waals surface area contributed by atoms with E-state index in [9.17, 15) is 0 Å². The fourth-order valence-electron chi connectivity index (χ4n) is 2.29. The van der Waals surface area contributed by atoms with Gasteiger partial charge >= 0.3 is 0 Å². The zero-order valence-corrected chi connectivity index (χ0v) is 16.8. The van der Waals surface area contributed by atoms with Crippen molar-refractivity contribution in [1.29, 1.82) is 0 Å². The smallest absolute Gasteiger partial charge is 0.184 e. The molecule has 1 heterocycles. The largest absolute Gasteiger partial charge is 0.410 e. The van der Waals surface area contributed by atoms with Crippen molar-refractivity contribution in [2.24, 2.45) is 0 Å². The molecule has 0 aliphatic carbocycles. The van der Waals surface area contributed by atoms with Crippen LogP contribution in [0.5, 0.6) is 0 Å². The van der Waals surface area contributed by atoms with Crippen molar-refractivity contribution >= 4 is 8.32 Å². The second-order valence-electron chi connectivity index (χ2n) is 7.28. The molecule has 142 valence electrons. The third-order valence-corrected chi connectivity index (χ3v) is 4.15. The van der Waals surface area contributed by atoms with Crippen LogP contribution in [0, 0.1) is 0 Å². The van der Waals surface area contributed by atoms with E-state index in [1.54, 1.807) is 6.08 Å². The van der Waals surface area contributed by atoms with Crippen molar-refractivity contribution in [3.63, 3.8) is 0 Å². The molecular weight excluding hydrogens is 328 g/mol. The summed E-state index contributed by atoms with van der Waals surface area (Å²) in [5, 5.41) is 0.